The summed E-state index contributed by atoms with van der Waals surface area (Å²) in [5, 5.41) is 14.4. The predicted octanol–water partition coefficient (Wildman–Crippen LogP) is 8.09. The summed E-state index contributed by atoms with van der Waals surface area (Å²) in [6.45, 7) is 7.78. The van der Waals surface area contributed by atoms with Gasteiger partial charge in [-0.3, -0.25) is 0 Å². The van der Waals surface area contributed by atoms with Crippen molar-refractivity contribution in [3.05, 3.63) is 74.7 Å². The summed E-state index contributed by atoms with van der Waals surface area (Å²) < 4.78 is 5.54. The lowest BCUT2D eigenvalue weighted by Crippen LogP contribution is -2.18. The Morgan fingerprint density at radius 3 is 2.26 bits per heavy atom. The Morgan fingerprint density at radius 2 is 1.62 bits per heavy atom. The van der Waals surface area contributed by atoms with Gasteiger partial charge in [-0.1, -0.05) is 86.4 Å². The molecule has 0 fully saturated rings. The molecule has 5 nitrogen and oxygen atoms in total. The van der Waals surface area contributed by atoms with Crippen molar-refractivity contribution < 1.29 is 9.84 Å². The minimum absolute atomic E-state index is 0.0710. The number of halogens is 2. The number of aryl methyl sites for hydroxylation is 2. The molecule has 0 amide bonds. The van der Waals surface area contributed by atoms with Crippen molar-refractivity contribution in [2.75, 3.05) is 20.3 Å². The van der Waals surface area contributed by atoms with Gasteiger partial charge in [-0.2, -0.15) is 0 Å². The first-order valence-electron chi connectivity index (χ1n) is 13.3. The largest absolute Gasteiger partial charge is 0.481 e. The highest BCUT2D eigenvalue weighted by atomic mass is 35.5. The Bertz CT molecular complexity index is 1420. The third kappa shape index (κ3) is 6.82. The molecule has 0 aliphatic heterocycles. The third-order valence-corrected chi connectivity index (χ3v) is 8.68. The molecule has 0 unspecified atom stereocenters. The van der Waals surface area contributed by atoms with Crippen LogP contribution in [-0.4, -0.2) is 35.3 Å². The molecule has 2 aromatic heterocycles. The molecule has 0 atom stereocenters. The highest BCUT2D eigenvalue weighted by Gasteiger charge is 2.19. The van der Waals surface area contributed by atoms with Crippen LogP contribution in [0, 0.1) is 5.92 Å². The number of thiazole rings is 1. The van der Waals surface area contributed by atoms with Gasteiger partial charge in [0, 0.05) is 45.8 Å². The van der Waals surface area contributed by atoms with Crippen molar-refractivity contribution >= 4 is 34.5 Å². The number of hydrogen-bond donors (Lipinski definition) is 2. The van der Waals surface area contributed by atoms with E-state index in [-0.39, 0.29) is 6.61 Å². The van der Waals surface area contributed by atoms with Crippen LogP contribution in [0.5, 0.6) is 5.88 Å². The zero-order valence-electron chi connectivity index (χ0n) is 22.9. The molecule has 0 aliphatic carbocycles. The summed E-state index contributed by atoms with van der Waals surface area (Å²) in [7, 11) is 1.60. The van der Waals surface area contributed by atoms with Crippen molar-refractivity contribution in [1.82, 2.24) is 15.3 Å². The quantitative estimate of drug-likeness (QED) is 0.165. The Balaban J connectivity index is 1.70. The molecule has 0 spiro atoms. The highest BCUT2D eigenvalue weighted by molar-refractivity contribution is 7.15. The number of nitrogens with zero attached hydrogens (tertiary/aromatic N) is 2. The van der Waals surface area contributed by atoms with Crippen molar-refractivity contribution in [2.45, 2.75) is 46.6 Å². The molecule has 4 rings (SSSR count). The second-order valence-electron chi connectivity index (χ2n) is 9.77. The Labute approximate surface area is 245 Å². The molecule has 2 aromatic carbocycles. The van der Waals surface area contributed by atoms with Crippen LogP contribution in [0.25, 0.3) is 33.0 Å². The van der Waals surface area contributed by atoms with Gasteiger partial charge in [-0.25, -0.2) is 9.97 Å². The second kappa shape index (κ2) is 13.7. The van der Waals surface area contributed by atoms with Crippen molar-refractivity contribution in [1.29, 1.82) is 0 Å². The smallest absolute Gasteiger partial charge is 0.218 e. The minimum atomic E-state index is 0.0710. The maximum absolute atomic E-state index is 9.04. The fourth-order valence-electron chi connectivity index (χ4n) is 4.47. The van der Waals surface area contributed by atoms with Crippen molar-refractivity contribution in [3.8, 4) is 38.8 Å². The van der Waals surface area contributed by atoms with Crippen LogP contribution in [0.1, 0.15) is 43.3 Å². The number of pyridine rings is 1. The fraction of sp³-hybridized carbons (Fsp3) is 0.355. The average molecular weight is 585 g/mol. The van der Waals surface area contributed by atoms with Gasteiger partial charge < -0.3 is 15.2 Å². The summed E-state index contributed by atoms with van der Waals surface area (Å²) >= 11 is 15.8. The van der Waals surface area contributed by atoms with Gasteiger partial charge in [0.2, 0.25) is 5.88 Å². The standard InChI is InChI=1S/C31H35Cl2N3O2S/c1-5-27-26(14-12-19(2)3)36-31(39-27)24-11-7-9-22(29(24)33)21-8-6-10-23(28(21)32)25-15-13-20(18-34-16-17-37)30(35-25)38-4/h6-11,13,15,19,34,37H,5,12,14,16-18H2,1-4H3. The summed E-state index contributed by atoms with van der Waals surface area (Å²) in [6, 6.07) is 15.8. The van der Waals surface area contributed by atoms with Crippen LogP contribution >= 0.6 is 34.5 Å². The number of aliphatic hydroxyl groups is 1. The molecular weight excluding hydrogens is 549 g/mol. The van der Waals surface area contributed by atoms with Gasteiger partial charge in [-0.05, 0) is 31.2 Å². The maximum Gasteiger partial charge on any atom is 0.218 e. The molecule has 8 heteroatoms. The van der Waals surface area contributed by atoms with E-state index in [2.05, 4.69) is 26.1 Å². The molecule has 39 heavy (non-hydrogen) atoms. The number of aliphatic hydroxyl groups excluding tert-OH is 1. The van der Waals surface area contributed by atoms with Crippen molar-refractivity contribution in [2.24, 2.45) is 5.92 Å². The van der Waals surface area contributed by atoms with Crippen LogP contribution in [0.3, 0.4) is 0 Å². The molecule has 0 saturated carbocycles. The predicted molar refractivity (Wildman–Crippen MR) is 164 cm³/mol. The lowest BCUT2D eigenvalue weighted by atomic mass is 9.99. The Morgan fingerprint density at radius 1 is 0.949 bits per heavy atom. The highest BCUT2D eigenvalue weighted by Crippen LogP contribution is 2.43. The zero-order valence-corrected chi connectivity index (χ0v) is 25.2. The molecule has 4 aromatic rings. The van der Waals surface area contributed by atoms with E-state index in [0.717, 1.165) is 52.1 Å². The topological polar surface area (TPSA) is 67.3 Å². The number of ether oxygens (including phenoxy) is 1. The van der Waals surface area contributed by atoms with Gasteiger partial charge in [0.25, 0.3) is 0 Å². The van der Waals surface area contributed by atoms with Gasteiger partial charge in [-0.15, -0.1) is 11.3 Å². The van der Waals surface area contributed by atoms with E-state index in [1.54, 1.807) is 18.4 Å². The molecule has 2 N–H and O–H groups in total. The Kier molecular flexibility index (Phi) is 10.4. The summed E-state index contributed by atoms with van der Waals surface area (Å²) in [5.74, 6) is 1.15. The average Bonchev–Trinajstić information content (AvgIpc) is 3.36. The van der Waals surface area contributed by atoms with E-state index in [1.165, 1.54) is 10.6 Å². The van der Waals surface area contributed by atoms with E-state index < -0.39 is 0 Å². The van der Waals surface area contributed by atoms with Gasteiger partial charge in [0.1, 0.15) is 5.01 Å². The maximum atomic E-state index is 9.04. The van der Waals surface area contributed by atoms with Gasteiger partial charge in [0.05, 0.1) is 35.1 Å². The van der Waals surface area contributed by atoms with E-state index in [0.29, 0.717) is 40.6 Å². The van der Waals surface area contributed by atoms with E-state index in [9.17, 15) is 0 Å². The first-order valence-corrected chi connectivity index (χ1v) is 14.9. The summed E-state index contributed by atoms with van der Waals surface area (Å²) in [5.41, 5.74) is 6.20. The fourth-order valence-corrected chi connectivity index (χ4v) is 6.25. The zero-order chi connectivity index (χ0) is 27.9. The van der Waals surface area contributed by atoms with E-state index in [4.69, 9.17) is 43.0 Å². The first-order chi connectivity index (χ1) is 18.9. The Hall–Kier alpha value is -2.48. The van der Waals surface area contributed by atoms with Crippen LogP contribution < -0.4 is 10.1 Å². The molecule has 0 saturated heterocycles. The second-order valence-corrected chi connectivity index (χ2v) is 11.6. The monoisotopic (exact) mass is 583 g/mol. The number of benzene rings is 2. The summed E-state index contributed by atoms with van der Waals surface area (Å²) in [4.78, 5) is 11.1. The number of hydrogen-bond acceptors (Lipinski definition) is 6. The first kappa shape index (κ1) is 29.5. The van der Waals surface area contributed by atoms with Crippen molar-refractivity contribution in [3.63, 3.8) is 0 Å². The van der Waals surface area contributed by atoms with Crippen LogP contribution in [0.15, 0.2) is 48.5 Å². The van der Waals surface area contributed by atoms with E-state index >= 15 is 0 Å². The molecule has 206 valence electrons. The number of aromatic nitrogens is 2. The summed E-state index contributed by atoms with van der Waals surface area (Å²) in [6.07, 6.45) is 3.06. The molecule has 0 radical (unpaired) electrons. The van der Waals surface area contributed by atoms with Crippen LogP contribution in [0.4, 0.5) is 0 Å². The lowest BCUT2D eigenvalue weighted by Gasteiger charge is -2.14. The molecular formula is C31H35Cl2N3O2S. The molecule has 2 heterocycles. The van der Waals surface area contributed by atoms with E-state index in [1.807, 2.05) is 48.5 Å². The number of nitrogens with one attached hydrogen (secondary N) is 1. The van der Waals surface area contributed by atoms with Gasteiger partial charge >= 0.3 is 0 Å². The van der Waals surface area contributed by atoms with Gasteiger partial charge in [0.15, 0.2) is 0 Å². The van der Waals surface area contributed by atoms with Crippen LogP contribution in [-0.2, 0) is 19.4 Å². The minimum Gasteiger partial charge on any atom is -0.481 e. The normalized spacial score (nSPS) is 11.4. The third-order valence-electron chi connectivity index (χ3n) is 6.59. The molecule has 0 aliphatic rings. The lowest BCUT2D eigenvalue weighted by molar-refractivity contribution is 0.291. The SMILES string of the molecule is CCc1sc(-c2cccc(-c3cccc(-c4ccc(CNCCO)c(OC)n4)c3Cl)c2Cl)nc1CCC(C)C. The number of methoxy groups -OCH3 is 1. The number of rotatable bonds is 12. The van der Waals surface area contributed by atoms with Crippen LogP contribution in [0.2, 0.25) is 10.0 Å². The molecule has 0 bridgehead atoms.